The van der Waals surface area contributed by atoms with E-state index in [2.05, 4.69) is 17.1 Å². The highest BCUT2D eigenvalue weighted by atomic mass is 127. The van der Waals surface area contributed by atoms with Gasteiger partial charge in [-0.15, -0.1) is 0 Å². The summed E-state index contributed by atoms with van der Waals surface area (Å²) in [5, 5.41) is 18.2. The maximum Gasteiger partial charge on any atom is 0.120 e. The molecule has 1 aromatic rings. The molecule has 1 heterocycles. The molecule has 2 rings (SSSR count). The fourth-order valence-electron chi connectivity index (χ4n) is 2.11. The zero-order valence-corrected chi connectivity index (χ0v) is 10.9. The van der Waals surface area contributed by atoms with Gasteiger partial charge in [-0.25, -0.2) is 4.98 Å². The molecule has 80 valence electrons. The summed E-state index contributed by atoms with van der Waals surface area (Å²) in [5.74, 6) is 0. The van der Waals surface area contributed by atoms with E-state index in [1.54, 1.807) is 0 Å². The topological polar surface area (TPSA) is 60.5 Å². The largest absolute Gasteiger partial charge is 0.245 e. The van der Waals surface area contributed by atoms with Crippen LogP contribution in [0.3, 0.4) is 0 Å². The van der Waals surface area contributed by atoms with Crippen molar-refractivity contribution in [2.75, 3.05) is 0 Å². The van der Waals surface area contributed by atoms with Crippen molar-refractivity contribution < 1.29 is 0 Å². The molecule has 0 N–H and O–H groups in total. The SMILES string of the molecule is N#Cc1c(I)nc2c(c1C#N)CCCCC2. The zero-order valence-electron chi connectivity index (χ0n) is 8.76. The van der Waals surface area contributed by atoms with Crippen molar-refractivity contribution in [1.82, 2.24) is 4.98 Å². The molecule has 0 amide bonds. The Kier molecular flexibility index (Phi) is 3.40. The van der Waals surface area contributed by atoms with E-state index in [1.165, 1.54) is 6.42 Å². The van der Waals surface area contributed by atoms with E-state index in [1.807, 2.05) is 22.6 Å². The van der Waals surface area contributed by atoms with Crippen LogP contribution in [0.4, 0.5) is 0 Å². The Bertz CT molecular complexity index is 508. The molecule has 0 bridgehead atoms. The lowest BCUT2D eigenvalue weighted by Crippen LogP contribution is -2.05. The van der Waals surface area contributed by atoms with Crippen LogP contribution in [0.2, 0.25) is 0 Å². The summed E-state index contributed by atoms with van der Waals surface area (Å²) < 4.78 is 0.664. The van der Waals surface area contributed by atoms with Crippen LogP contribution in [-0.4, -0.2) is 4.98 Å². The number of nitrogens with zero attached hydrogens (tertiary/aromatic N) is 3. The Morgan fingerprint density at radius 2 is 1.69 bits per heavy atom. The number of fused-ring (bicyclic) bond motifs is 1. The van der Waals surface area contributed by atoms with Crippen molar-refractivity contribution in [3.05, 3.63) is 26.1 Å². The molecule has 0 saturated carbocycles. The molecule has 0 spiro atoms. The van der Waals surface area contributed by atoms with E-state index in [0.29, 0.717) is 14.8 Å². The maximum absolute atomic E-state index is 9.19. The Labute approximate surface area is 108 Å². The normalized spacial score (nSPS) is 14.4. The summed E-state index contributed by atoms with van der Waals surface area (Å²) in [5.41, 5.74) is 3.04. The molecule has 0 fully saturated rings. The van der Waals surface area contributed by atoms with Crippen molar-refractivity contribution in [3.8, 4) is 12.1 Å². The molecular weight excluding hydrogens is 313 g/mol. The van der Waals surface area contributed by atoms with Gasteiger partial charge in [0.1, 0.15) is 21.4 Å². The van der Waals surface area contributed by atoms with Crippen molar-refractivity contribution >= 4 is 22.6 Å². The number of hydrogen-bond donors (Lipinski definition) is 0. The summed E-state index contributed by atoms with van der Waals surface area (Å²) >= 11 is 2.04. The minimum absolute atomic E-state index is 0.448. The number of nitriles is 2. The van der Waals surface area contributed by atoms with E-state index in [9.17, 15) is 5.26 Å². The van der Waals surface area contributed by atoms with Crippen LogP contribution in [0.25, 0.3) is 0 Å². The van der Waals surface area contributed by atoms with E-state index in [4.69, 9.17) is 5.26 Å². The molecule has 0 radical (unpaired) electrons. The van der Waals surface area contributed by atoms with E-state index < -0.39 is 0 Å². The minimum atomic E-state index is 0.448. The molecule has 16 heavy (non-hydrogen) atoms. The third kappa shape index (κ3) is 1.90. The lowest BCUT2D eigenvalue weighted by molar-refractivity contribution is 0.708. The van der Waals surface area contributed by atoms with Crippen LogP contribution in [0.5, 0.6) is 0 Å². The van der Waals surface area contributed by atoms with Gasteiger partial charge in [0.25, 0.3) is 0 Å². The molecule has 1 aliphatic carbocycles. The molecule has 3 nitrogen and oxygen atoms in total. The second kappa shape index (κ2) is 4.80. The molecule has 1 aromatic heterocycles. The third-order valence-electron chi connectivity index (χ3n) is 2.90. The smallest absolute Gasteiger partial charge is 0.120 e. The molecular formula is C12H10IN3. The average molecular weight is 323 g/mol. The monoisotopic (exact) mass is 323 g/mol. The summed E-state index contributed by atoms with van der Waals surface area (Å²) in [6.45, 7) is 0. The van der Waals surface area contributed by atoms with Gasteiger partial charge in [-0.1, -0.05) is 6.42 Å². The number of aryl methyl sites for hydroxylation is 1. The fraction of sp³-hybridized carbons (Fsp3) is 0.417. The second-order valence-electron chi connectivity index (χ2n) is 3.86. The second-order valence-corrected chi connectivity index (χ2v) is 4.88. The summed E-state index contributed by atoms with van der Waals surface area (Å²) in [4.78, 5) is 4.47. The van der Waals surface area contributed by atoms with Gasteiger partial charge < -0.3 is 0 Å². The van der Waals surface area contributed by atoms with Crippen molar-refractivity contribution in [3.63, 3.8) is 0 Å². The number of rotatable bonds is 0. The lowest BCUT2D eigenvalue weighted by Gasteiger charge is -2.09. The highest BCUT2D eigenvalue weighted by Gasteiger charge is 2.19. The van der Waals surface area contributed by atoms with Gasteiger partial charge in [0, 0.05) is 5.69 Å². The Morgan fingerprint density at radius 1 is 1.00 bits per heavy atom. The Hall–Kier alpha value is -1.14. The number of hydrogen-bond acceptors (Lipinski definition) is 3. The Morgan fingerprint density at radius 3 is 2.38 bits per heavy atom. The first-order valence-corrected chi connectivity index (χ1v) is 6.37. The molecule has 0 atom stereocenters. The van der Waals surface area contributed by atoms with Crippen LogP contribution < -0.4 is 0 Å². The van der Waals surface area contributed by atoms with Crippen LogP contribution in [-0.2, 0) is 12.8 Å². The molecule has 0 unspecified atom stereocenters. The van der Waals surface area contributed by atoms with Gasteiger partial charge in [-0.3, -0.25) is 0 Å². The van der Waals surface area contributed by atoms with Gasteiger partial charge in [-0.05, 0) is 53.8 Å². The third-order valence-corrected chi connectivity index (χ3v) is 3.68. The number of aromatic nitrogens is 1. The van der Waals surface area contributed by atoms with Crippen LogP contribution >= 0.6 is 22.6 Å². The first-order valence-electron chi connectivity index (χ1n) is 5.29. The first kappa shape index (κ1) is 11.3. The highest BCUT2D eigenvalue weighted by Crippen LogP contribution is 2.26. The van der Waals surface area contributed by atoms with Crippen molar-refractivity contribution in [1.29, 1.82) is 10.5 Å². The standard InChI is InChI=1S/C12H10IN3/c13-12-10(7-15)9(6-14)8-4-2-1-3-5-11(8)16-12/h1-5H2. The number of halogens is 1. The first-order chi connectivity index (χ1) is 7.77. The predicted molar refractivity (Wildman–Crippen MR) is 67.6 cm³/mol. The molecule has 4 heteroatoms. The average Bonchev–Trinajstić information content (AvgIpc) is 2.52. The molecule has 0 aromatic carbocycles. The summed E-state index contributed by atoms with van der Waals surface area (Å²) in [7, 11) is 0. The molecule has 0 aliphatic heterocycles. The minimum Gasteiger partial charge on any atom is -0.245 e. The van der Waals surface area contributed by atoms with Gasteiger partial charge in [0.2, 0.25) is 0 Å². The van der Waals surface area contributed by atoms with Crippen LogP contribution in [0.1, 0.15) is 41.6 Å². The molecule has 1 aliphatic rings. The summed E-state index contributed by atoms with van der Waals surface area (Å²) in [6, 6.07) is 4.27. The van der Waals surface area contributed by atoms with Crippen LogP contribution in [0, 0.1) is 26.4 Å². The fourth-order valence-corrected chi connectivity index (χ4v) is 2.79. The summed E-state index contributed by atoms with van der Waals surface area (Å²) in [6.07, 6.45) is 5.23. The quantitative estimate of drug-likeness (QED) is 0.419. The van der Waals surface area contributed by atoms with Gasteiger partial charge >= 0.3 is 0 Å². The highest BCUT2D eigenvalue weighted by molar-refractivity contribution is 14.1. The van der Waals surface area contributed by atoms with Gasteiger partial charge in [0.05, 0.1) is 5.56 Å². The van der Waals surface area contributed by atoms with E-state index in [-0.39, 0.29) is 0 Å². The lowest BCUT2D eigenvalue weighted by atomic mass is 9.99. The zero-order chi connectivity index (χ0) is 11.5. The van der Waals surface area contributed by atoms with Crippen molar-refractivity contribution in [2.24, 2.45) is 0 Å². The maximum atomic E-state index is 9.19. The Balaban J connectivity index is 2.69. The van der Waals surface area contributed by atoms with E-state index in [0.717, 1.165) is 36.9 Å². The van der Waals surface area contributed by atoms with Gasteiger partial charge in [0.15, 0.2) is 0 Å². The van der Waals surface area contributed by atoms with E-state index >= 15 is 0 Å². The van der Waals surface area contributed by atoms with Gasteiger partial charge in [-0.2, -0.15) is 10.5 Å². The predicted octanol–water partition coefficient (Wildman–Crippen LogP) is 2.70. The van der Waals surface area contributed by atoms with Crippen molar-refractivity contribution in [2.45, 2.75) is 32.1 Å². The van der Waals surface area contributed by atoms with Crippen LogP contribution in [0.15, 0.2) is 0 Å². The molecule has 0 saturated heterocycles. The number of pyridine rings is 1.